The first-order valence-corrected chi connectivity index (χ1v) is 8.99. The lowest BCUT2D eigenvalue weighted by Crippen LogP contribution is -2.49. The molecule has 2 aromatic rings. The van der Waals surface area contributed by atoms with Crippen LogP contribution in [0, 0.1) is 0 Å². The van der Waals surface area contributed by atoms with Gasteiger partial charge in [-0.3, -0.25) is 9.69 Å². The van der Waals surface area contributed by atoms with Gasteiger partial charge in [-0.15, -0.1) is 0 Å². The number of halogens is 1. The molecule has 0 radical (unpaired) electrons. The van der Waals surface area contributed by atoms with Crippen LogP contribution >= 0.6 is 11.6 Å². The van der Waals surface area contributed by atoms with Gasteiger partial charge < -0.3 is 10.2 Å². The van der Waals surface area contributed by atoms with Crippen LogP contribution in [-0.2, 0) is 11.3 Å². The average Bonchev–Trinajstić information content (AvgIpc) is 2.63. The number of amides is 1. The molecule has 0 bridgehead atoms. The SMILES string of the molecule is CN(Cc1ccccc1)C(=O)CN1CCNCC1c1cccc(Cl)c1. The van der Waals surface area contributed by atoms with E-state index in [0.29, 0.717) is 13.1 Å². The topological polar surface area (TPSA) is 35.6 Å². The zero-order valence-electron chi connectivity index (χ0n) is 14.5. The highest BCUT2D eigenvalue weighted by Crippen LogP contribution is 2.24. The number of carbonyl (C=O) groups is 1. The first kappa shape index (κ1) is 17.9. The van der Waals surface area contributed by atoms with Gasteiger partial charge in [-0.25, -0.2) is 0 Å². The van der Waals surface area contributed by atoms with E-state index in [4.69, 9.17) is 11.6 Å². The highest BCUT2D eigenvalue weighted by Gasteiger charge is 2.26. The first-order valence-electron chi connectivity index (χ1n) is 8.61. The van der Waals surface area contributed by atoms with Crippen molar-refractivity contribution < 1.29 is 4.79 Å². The Morgan fingerprint density at radius 2 is 2.04 bits per heavy atom. The van der Waals surface area contributed by atoms with Crippen LogP contribution in [0.25, 0.3) is 0 Å². The Hall–Kier alpha value is -1.88. The minimum atomic E-state index is 0.137. The molecule has 3 rings (SSSR count). The summed E-state index contributed by atoms with van der Waals surface area (Å²) < 4.78 is 0. The van der Waals surface area contributed by atoms with Crippen LogP contribution in [0.5, 0.6) is 0 Å². The highest BCUT2D eigenvalue weighted by atomic mass is 35.5. The van der Waals surface area contributed by atoms with Crippen LogP contribution in [0.15, 0.2) is 54.6 Å². The molecule has 25 heavy (non-hydrogen) atoms. The summed E-state index contributed by atoms with van der Waals surface area (Å²) in [7, 11) is 1.87. The van der Waals surface area contributed by atoms with Crippen molar-refractivity contribution in [2.75, 3.05) is 33.2 Å². The second-order valence-electron chi connectivity index (χ2n) is 6.48. The maximum atomic E-state index is 12.7. The summed E-state index contributed by atoms with van der Waals surface area (Å²) in [5, 5.41) is 4.15. The second kappa shape index (κ2) is 8.48. The van der Waals surface area contributed by atoms with E-state index in [-0.39, 0.29) is 11.9 Å². The van der Waals surface area contributed by atoms with Gasteiger partial charge in [0, 0.05) is 44.3 Å². The quantitative estimate of drug-likeness (QED) is 0.893. The largest absolute Gasteiger partial charge is 0.340 e. The lowest BCUT2D eigenvalue weighted by atomic mass is 10.0. The van der Waals surface area contributed by atoms with Gasteiger partial charge in [-0.2, -0.15) is 0 Å². The number of hydrogen-bond donors (Lipinski definition) is 1. The molecule has 2 aromatic carbocycles. The smallest absolute Gasteiger partial charge is 0.236 e. The molecule has 1 saturated heterocycles. The summed E-state index contributed by atoms with van der Waals surface area (Å²) >= 11 is 6.14. The van der Waals surface area contributed by atoms with E-state index in [1.165, 1.54) is 0 Å². The van der Waals surface area contributed by atoms with Crippen molar-refractivity contribution in [3.63, 3.8) is 0 Å². The molecule has 1 atom stereocenters. The Kier molecular flexibility index (Phi) is 6.08. The standard InChI is InChI=1S/C20H24ClN3O/c1-23(14-16-6-3-2-4-7-16)20(25)15-24-11-10-22-13-19(24)17-8-5-9-18(21)12-17/h2-9,12,19,22H,10-11,13-15H2,1H3. The van der Waals surface area contributed by atoms with Gasteiger partial charge >= 0.3 is 0 Å². The summed E-state index contributed by atoms with van der Waals surface area (Å²) in [4.78, 5) is 16.7. The minimum absolute atomic E-state index is 0.137. The maximum Gasteiger partial charge on any atom is 0.236 e. The van der Waals surface area contributed by atoms with Gasteiger partial charge in [-0.05, 0) is 23.3 Å². The second-order valence-corrected chi connectivity index (χ2v) is 6.92. The molecule has 1 N–H and O–H groups in total. The maximum absolute atomic E-state index is 12.7. The predicted octanol–water partition coefficient (Wildman–Crippen LogP) is 2.94. The monoisotopic (exact) mass is 357 g/mol. The van der Waals surface area contributed by atoms with Crippen molar-refractivity contribution in [2.45, 2.75) is 12.6 Å². The molecule has 1 heterocycles. The molecule has 1 amide bonds. The number of piperazine rings is 1. The Morgan fingerprint density at radius 1 is 1.24 bits per heavy atom. The van der Waals surface area contributed by atoms with E-state index in [2.05, 4.69) is 16.3 Å². The fraction of sp³-hybridized carbons (Fsp3) is 0.350. The normalized spacial score (nSPS) is 18.1. The molecule has 0 saturated carbocycles. The summed E-state index contributed by atoms with van der Waals surface area (Å²) in [5.74, 6) is 0.137. The summed E-state index contributed by atoms with van der Waals surface area (Å²) in [6, 6.07) is 18.2. The molecular formula is C20H24ClN3O. The fourth-order valence-electron chi connectivity index (χ4n) is 3.22. The Balaban J connectivity index is 1.65. The van der Waals surface area contributed by atoms with Crippen LogP contribution in [0.1, 0.15) is 17.2 Å². The molecule has 0 spiro atoms. The van der Waals surface area contributed by atoms with Crippen LogP contribution in [-0.4, -0.2) is 48.9 Å². The molecule has 1 aliphatic heterocycles. The van der Waals surface area contributed by atoms with Crippen molar-refractivity contribution in [1.29, 1.82) is 0 Å². The number of benzene rings is 2. The Morgan fingerprint density at radius 3 is 2.80 bits per heavy atom. The van der Waals surface area contributed by atoms with Crippen molar-refractivity contribution in [3.8, 4) is 0 Å². The van der Waals surface area contributed by atoms with Crippen LogP contribution < -0.4 is 5.32 Å². The number of nitrogens with zero attached hydrogens (tertiary/aromatic N) is 2. The molecule has 1 unspecified atom stereocenters. The zero-order chi connectivity index (χ0) is 17.6. The number of nitrogens with one attached hydrogen (secondary N) is 1. The van der Waals surface area contributed by atoms with E-state index in [0.717, 1.165) is 35.8 Å². The summed E-state index contributed by atoms with van der Waals surface area (Å²) in [6.07, 6.45) is 0. The van der Waals surface area contributed by atoms with E-state index in [1.807, 2.05) is 55.6 Å². The van der Waals surface area contributed by atoms with Crippen molar-refractivity contribution in [3.05, 3.63) is 70.7 Å². The van der Waals surface area contributed by atoms with E-state index in [9.17, 15) is 4.79 Å². The van der Waals surface area contributed by atoms with Gasteiger partial charge in [0.05, 0.1) is 6.54 Å². The Bertz CT molecular complexity index is 707. The Labute approximate surface area is 154 Å². The lowest BCUT2D eigenvalue weighted by Gasteiger charge is -2.37. The molecular weight excluding hydrogens is 334 g/mol. The van der Waals surface area contributed by atoms with Gasteiger partial charge in [-0.1, -0.05) is 54.1 Å². The fourth-order valence-corrected chi connectivity index (χ4v) is 3.42. The van der Waals surface area contributed by atoms with Gasteiger partial charge in [0.2, 0.25) is 5.91 Å². The number of carbonyl (C=O) groups excluding carboxylic acids is 1. The lowest BCUT2D eigenvalue weighted by molar-refractivity contribution is -0.132. The van der Waals surface area contributed by atoms with Crippen LogP contribution in [0.3, 0.4) is 0 Å². The van der Waals surface area contributed by atoms with Gasteiger partial charge in [0.25, 0.3) is 0 Å². The summed E-state index contributed by atoms with van der Waals surface area (Å²) in [6.45, 7) is 3.63. The van der Waals surface area contributed by atoms with E-state index < -0.39 is 0 Å². The van der Waals surface area contributed by atoms with Gasteiger partial charge in [0.1, 0.15) is 0 Å². The molecule has 1 fully saturated rings. The zero-order valence-corrected chi connectivity index (χ0v) is 15.2. The predicted molar refractivity (Wildman–Crippen MR) is 102 cm³/mol. The van der Waals surface area contributed by atoms with E-state index >= 15 is 0 Å². The van der Waals surface area contributed by atoms with Crippen molar-refractivity contribution >= 4 is 17.5 Å². The van der Waals surface area contributed by atoms with Crippen LogP contribution in [0.2, 0.25) is 5.02 Å². The molecule has 1 aliphatic rings. The van der Waals surface area contributed by atoms with Crippen molar-refractivity contribution in [2.24, 2.45) is 0 Å². The number of hydrogen-bond acceptors (Lipinski definition) is 3. The average molecular weight is 358 g/mol. The summed E-state index contributed by atoms with van der Waals surface area (Å²) in [5.41, 5.74) is 2.29. The third-order valence-corrected chi connectivity index (χ3v) is 4.85. The minimum Gasteiger partial charge on any atom is -0.340 e. The third kappa shape index (κ3) is 4.82. The number of rotatable bonds is 5. The molecule has 4 nitrogen and oxygen atoms in total. The molecule has 0 aliphatic carbocycles. The third-order valence-electron chi connectivity index (χ3n) is 4.61. The molecule has 0 aromatic heterocycles. The highest BCUT2D eigenvalue weighted by molar-refractivity contribution is 6.30. The van der Waals surface area contributed by atoms with Crippen molar-refractivity contribution in [1.82, 2.24) is 15.1 Å². The van der Waals surface area contributed by atoms with E-state index in [1.54, 1.807) is 4.90 Å². The van der Waals surface area contributed by atoms with Gasteiger partial charge in [0.15, 0.2) is 0 Å². The van der Waals surface area contributed by atoms with Crippen LogP contribution in [0.4, 0.5) is 0 Å². The number of likely N-dealkylation sites (N-methyl/N-ethyl adjacent to an activating group) is 1. The molecule has 132 valence electrons. The first-order chi connectivity index (χ1) is 12.1. The molecule has 5 heteroatoms.